The van der Waals surface area contributed by atoms with E-state index in [1.807, 2.05) is 5.92 Å². The molecule has 0 nitrogen and oxygen atoms in total. The molecule has 1 saturated carbocycles. The first-order chi connectivity index (χ1) is 7.38. The maximum atomic E-state index is 2.29. The van der Waals surface area contributed by atoms with E-state index >= 15 is 0 Å². The summed E-state index contributed by atoms with van der Waals surface area (Å²) in [5.41, 5.74) is 0. The molecule has 1 radical (unpaired) electrons. The van der Waals surface area contributed by atoms with Crippen LogP contribution in [0.4, 0.5) is 0 Å². The van der Waals surface area contributed by atoms with Gasteiger partial charge in [0.25, 0.3) is 0 Å². The molecular formula is C15H29. The van der Waals surface area contributed by atoms with Gasteiger partial charge in [-0.25, -0.2) is 0 Å². The van der Waals surface area contributed by atoms with Crippen molar-refractivity contribution in [1.29, 1.82) is 0 Å². The summed E-state index contributed by atoms with van der Waals surface area (Å²) in [6.45, 7) is 4.59. The Labute approximate surface area is 96.8 Å². The zero-order valence-corrected chi connectivity index (χ0v) is 10.9. The lowest BCUT2D eigenvalue weighted by atomic mass is 10.1. The second kappa shape index (κ2) is 8.19. The zero-order chi connectivity index (χ0) is 10.9. The third-order valence-corrected chi connectivity index (χ3v) is 3.68. The maximum absolute atomic E-state index is 2.29. The van der Waals surface area contributed by atoms with Gasteiger partial charge in [0.05, 0.1) is 0 Å². The Bertz CT molecular complexity index is 123. The van der Waals surface area contributed by atoms with Crippen molar-refractivity contribution in [3.63, 3.8) is 0 Å². The summed E-state index contributed by atoms with van der Waals surface area (Å²) in [5, 5.41) is 0. The first-order valence-electron chi connectivity index (χ1n) is 7.23. The van der Waals surface area contributed by atoms with Crippen LogP contribution in [0.5, 0.6) is 0 Å². The predicted octanol–water partition coefficient (Wildman–Crippen LogP) is 5.52. The number of unbranched alkanes of at least 4 members (excludes halogenated alkanes) is 6. The first kappa shape index (κ1) is 13.1. The molecule has 89 valence electrons. The van der Waals surface area contributed by atoms with Gasteiger partial charge in [-0.2, -0.15) is 0 Å². The summed E-state index contributed by atoms with van der Waals surface area (Å²) in [4.78, 5) is 0. The molecule has 0 aliphatic heterocycles. The Morgan fingerprint density at radius 1 is 0.867 bits per heavy atom. The molecule has 15 heavy (non-hydrogen) atoms. The Morgan fingerprint density at radius 2 is 1.53 bits per heavy atom. The molecule has 0 heterocycles. The van der Waals surface area contributed by atoms with Crippen LogP contribution in [0.1, 0.15) is 84.5 Å². The standard InChI is InChI=1S/C15H29/c1-3-5-7-9-11-14-13-15(14)12-10-8-6-4-2/h14H,3-13H2,1-2H3. The van der Waals surface area contributed by atoms with E-state index in [-0.39, 0.29) is 0 Å². The summed E-state index contributed by atoms with van der Waals surface area (Å²) in [5.74, 6) is 2.96. The highest BCUT2D eigenvalue weighted by molar-refractivity contribution is 5.13. The molecule has 0 heteroatoms. The molecule has 1 unspecified atom stereocenters. The van der Waals surface area contributed by atoms with Crippen molar-refractivity contribution in [2.45, 2.75) is 84.5 Å². The number of rotatable bonds is 10. The summed E-state index contributed by atoms with van der Waals surface area (Å²) >= 11 is 0. The maximum Gasteiger partial charge on any atom is -0.0207 e. The van der Waals surface area contributed by atoms with Gasteiger partial charge in [0, 0.05) is 0 Å². The van der Waals surface area contributed by atoms with Crippen LogP contribution in [0, 0.1) is 11.8 Å². The molecule has 0 spiro atoms. The summed E-state index contributed by atoms with van der Waals surface area (Å²) in [7, 11) is 0. The van der Waals surface area contributed by atoms with Crippen LogP contribution in [0.2, 0.25) is 0 Å². The highest BCUT2D eigenvalue weighted by atomic mass is 14.4. The van der Waals surface area contributed by atoms with Crippen molar-refractivity contribution < 1.29 is 0 Å². The van der Waals surface area contributed by atoms with Crippen LogP contribution in [-0.4, -0.2) is 0 Å². The summed E-state index contributed by atoms with van der Waals surface area (Å²) in [6, 6.07) is 0. The molecular weight excluding hydrogens is 180 g/mol. The van der Waals surface area contributed by atoms with Crippen molar-refractivity contribution in [3.05, 3.63) is 5.92 Å². The van der Waals surface area contributed by atoms with Crippen LogP contribution in [0.15, 0.2) is 0 Å². The molecule has 1 aliphatic rings. The average molecular weight is 209 g/mol. The quantitative estimate of drug-likeness (QED) is 0.415. The van der Waals surface area contributed by atoms with Crippen LogP contribution in [-0.2, 0) is 0 Å². The van der Waals surface area contributed by atoms with Crippen molar-refractivity contribution in [3.8, 4) is 0 Å². The average Bonchev–Trinajstić information content (AvgIpc) is 2.99. The zero-order valence-electron chi connectivity index (χ0n) is 10.9. The van der Waals surface area contributed by atoms with E-state index in [0.717, 1.165) is 5.92 Å². The molecule has 0 aromatic carbocycles. The lowest BCUT2D eigenvalue weighted by molar-refractivity contribution is 0.588. The number of hydrogen-bond acceptors (Lipinski definition) is 0. The predicted molar refractivity (Wildman–Crippen MR) is 68.9 cm³/mol. The topological polar surface area (TPSA) is 0 Å². The van der Waals surface area contributed by atoms with Crippen LogP contribution < -0.4 is 0 Å². The van der Waals surface area contributed by atoms with Crippen LogP contribution >= 0.6 is 0 Å². The fourth-order valence-electron chi connectivity index (χ4n) is 2.47. The van der Waals surface area contributed by atoms with E-state index in [1.165, 1.54) is 70.6 Å². The molecule has 1 rings (SSSR count). The first-order valence-corrected chi connectivity index (χ1v) is 7.23. The van der Waals surface area contributed by atoms with Gasteiger partial charge in [0.15, 0.2) is 0 Å². The van der Waals surface area contributed by atoms with E-state index in [9.17, 15) is 0 Å². The number of hydrogen-bond donors (Lipinski definition) is 0. The van der Waals surface area contributed by atoms with Crippen molar-refractivity contribution in [2.24, 2.45) is 5.92 Å². The second-order valence-electron chi connectivity index (χ2n) is 5.22. The fourth-order valence-corrected chi connectivity index (χ4v) is 2.47. The van der Waals surface area contributed by atoms with Gasteiger partial charge in [-0.15, -0.1) is 0 Å². The van der Waals surface area contributed by atoms with E-state index < -0.39 is 0 Å². The van der Waals surface area contributed by atoms with E-state index in [4.69, 9.17) is 0 Å². The van der Waals surface area contributed by atoms with Crippen molar-refractivity contribution in [2.75, 3.05) is 0 Å². The van der Waals surface area contributed by atoms with Gasteiger partial charge in [0.1, 0.15) is 0 Å². The van der Waals surface area contributed by atoms with E-state index in [2.05, 4.69) is 13.8 Å². The SMILES string of the molecule is CCCCCC[C]1CC1CCCCCC. The minimum Gasteiger partial charge on any atom is -0.0654 e. The minimum absolute atomic E-state index is 1.06. The highest BCUT2D eigenvalue weighted by Crippen LogP contribution is 2.47. The Morgan fingerprint density at radius 3 is 2.20 bits per heavy atom. The molecule has 0 aromatic rings. The molecule has 1 aliphatic carbocycles. The van der Waals surface area contributed by atoms with Crippen molar-refractivity contribution >= 4 is 0 Å². The minimum atomic E-state index is 1.06. The molecule has 0 aromatic heterocycles. The monoisotopic (exact) mass is 209 g/mol. The molecule has 0 N–H and O–H groups in total. The Kier molecular flexibility index (Phi) is 7.13. The molecule has 0 bridgehead atoms. The molecule has 0 saturated heterocycles. The highest BCUT2D eigenvalue weighted by Gasteiger charge is 2.35. The van der Waals surface area contributed by atoms with E-state index in [1.54, 1.807) is 0 Å². The smallest absolute Gasteiger partial charge is 0.0207 e. The Hall–Kier alpha value is 0. The van der Waals surface area contributed by atoms with Gasteiger partial charge < -0.3 is 0 Å². The summed E-state index contributed by atoms with van der Waals surface area (Å²) in [6.07, 6.45) is 15.9. The molecule has 1 fully saturated rings. The van der Waals surface area contributed by atoms with Gasteiger partial charge >= 0.3 is 0 Å². The van der Waals surface area contributed by atoms with Gasteiger partial charge in [-0.1, -0.05) is 65.2 Å². The fraction of sp³-hybridized carbons (Fsp3) is 0.933. The van der Waals surface area contributed by atoms with Gasteiger partial charge in [0.2, 0.25) is 0 Å². The van der Waals surface area contributed by atoms with E-state index in [0.29, 0.717) is 0 Å². The molecule has 0 amide bonds. The van der Waals surface area contributed by atoms with Gasteiger partial charge in [-0.3, -0.25) is 0 Å². The third kappa shape index (κ3) is 6.22. The van der Waals surface area contributed by atoms with Crippen molar-refractivity contribution in [1.82, 2.24) is 0 Å². The Balaban J connectivity index is 1.81. The largest absolute Gasteiger partial charge is 0.0654 e. The van der Waals surface area contributed by atoms with Gasteiger partial charge in [-0.05, 0) is 31.1 Å². The third-order valence-electron chi connectivity index (χ3n) is 3.68. The normalized spacial score (nSPS) is 20.8. The van der Waals surface area contributed by atoms with Crippen LogP contribution in [0.25, 0.3) is 0 Å². The molecule has 1 atom stereocenters. The second-order valence-corrected chi connectivity index (χ2v) is 5.22. The van der Waals surface area contributed by atoms with Crippen LogP contribution in [0.3, 0.4) is 0 Å². The lowest BCUT2D eigenvalue weighted by Crippen LogP contribution is -1.84. The lowest BCUT2D eigenvalue weighted by Gasteiger charge is -2.00. The summed E-state index contributed by atoms with van der Waals surface area (Å²) < 4.78 is 0.